The number of amides is 2. The second kappa shape index (κ2) is 9.33. The highest BCUT2D eigenvalue weighted by Crippen LogP contribution is 2.46. The van der Waals surface area contributed by atoms with E-state index in [0.29, 0.717) is 46.4 Å². The topological polar surface area (TPSA) is 141 Å². The molecule has 1 aliphatic heterocycles. The van der Waals surface area contributed by atoms with Crippen LogP contribution >= 0.6 is 0 Å². The van der Waals surface area contributed by atoms with E-state index in [1.165, 1.54) is 6.33 Å². The minimum Gasteiger partial charge on any atom is -0.444 e. The van der Waals surface area contributed by atoms with Crippen LogP contribution in [0.25, 0.3) is 22.3 Å². The van der Waals surface area contributed by atoms with Crippen molar-refractivity contribution in [3.63, 3.8) is 0 Å². The molecule has 11 heteroatoms. The molecule has 0 radical (unpaired) electrons. The molecule has 0 spiro atoms. The number of hydrogen-bond acceptors (Lipinski definition) is 8. The summed E-state index contributed by atoms with van der Waals surface area (Å²) < 4.78 is 7.58. The third-order valence-electron chi connectivity index (χ3n) is 7.24. The quantitative estimate of drug-likeness (QED) is 0.401. The lowest BCUT2D eigenvalue weighted by Crippen LogP contribution is -2.45. The van der Waals surface area contributed by atoms with E-state index in [0.717, 1.165) is 18.4 Å². The first-order valence-corrected chi connectivity index (χ1v) is 13.0. The van der Waals surface area contributed by atoms with Gasteiger partial charge >= 0.3 is 6.09 Å². The molecule has 1 saturated carbocycles. The minimum absolute atomic E-state index is 0.0466. The molecule has 4 aromatic rings. The van der Waals surface area contributed by atoms with Gasteiger partial charge < -0.3 is 20.7 Å². The average Bonchev–Trinajstić information content (AvgIpc) is 3.62. The molecule has 39 heavy (non-hydrogen) atoms. The van der Waals surface area contributed by atoms with Crippen LogP contribution in [0.3, 0.4) is 0 Å². The summed E-state index contributed by atoms with van der Waals surface area (Å²) in [6.07, 6.45) is 4.53. The smallest absolute Gasteiger partial charge is 0.410 e. The van der Waals surface area contributed by atoms with Gasteiger partial charge in [-0.2, -0.15) is 5.10 Å². The number of ether oxygens (including phenoxy) is 1. The van der Waals surface area contributed by atoms with E-state index < -0.39 is 5.60 Å². The van der Waals surface area contributed by atoms with Gasteiger partial charge in [0.2, 0.25) is 0 Å². The fraction of sp³-hybridized carbons (Fsp3) is 0.357. The maximum Gasteiger partial charge on any atom is 0.410 e. The summed E-state index contributed by atoms with van der Waals surface area (Å²) in [4.78, 5) is 40.4. The number of benzene rings is 1. The van der Waals surface area contributed by atoms with Crippen LogP contribution in [0.4, 0.5) is 16.4 Å². The van der Waals surface area contributed by atoms with Gasteiger partial charge in [-0.1, -0.05) is 18.2 Å². The zero-order valence-corrected chi connectivity index (χ0v) is 22.0. The van der Waals surface area contributed by atoms with Crippen molar-refractivity contribution >= 4 is 34.7 Å². The van der Waals surface area contributed by atoms with Gasteiger partial charge in [-0.25, -0.2) is 24.4 Å². The van der Waals surface area contributed by atoms with Crippen LogP contribution in [0.15, 0.2) is 55.0 Å². The number of fused-ring (bicyclic) bond motifs is 3. The van der Waals surface area contributed by atoms with Gasteiger partial charge in [-0.15, -0.1) is 0 Å². The van der Waals surface area contributed by atoms with Crippen LogP contribution in [0.5, 0.6) is 0 Å². The van der Waals surface area contributed by atoms with Crippen LogP contribution < -0.4 is 11.1 Å². The molecule has 2 bridgehead atoms. The monoisotopic (exact) mass is 526 g/mol. The van der Waals surface area contributed by atoms with Crippen LogP contribution in [0.1, 0.15) is 50.0 Å². The fourth-order valence-electron chi connectivity index (χ4n) is 5.62. The number of piperidine rings is 1. The fourth-order valence-corrected chi connectivity index (χ4v) is 5.62. The third-order valence-corrected chi connectivity index (χ3v) is 7.24. The third kappa shape index (κ3) is 4.64. The highest BCUT2D eigenvalue weighted by molar-refractivity contribution is 6.04. The van der Waals surface area contributed by atoms with E-state index in [-0.39, 0.29) is 24.1 Å². The Hall–Kier alpha value is -4.54. The van der Waals surface area contributed by atoms with Gasteiger partial charge in [0.05, 0.1) is 17.5 Å². The molecular weight excluding hydrogens is 496 g/mol. The van der Waals surface area contributed by atoms with Crippen molar-refractivity contribution < 1.29 is 14.3 Å². The lowest BCUT2D eigenvalue weighted by atomic mass is 10.1. The van der Waals surface area contributed by atoms with Crippen LogP contribution in [0.2, 0.25) is 0 Å². The largest absolute Gasteiger partial charge is 0.444 e. The lowest BCUT2D eigenvalue weighted by Gasteiger charge is -2.34. The number of nitrogen functional groups attached to an aromatic ring is 1. The second-order valence-corrected chi connectivity index (χ2v) is 11.1. The Morgan fingerprint density at radius 1 is 1.03 bits per heavy atom. The van der Waals surface area contributed by atoms with E-state index in [1.807, 2.05) is 48.6 Å². The van der Waals surface area contributed by atoms with Crippen molar-refractivity contribution in [2.24, 2.45) is 5.92 Å². The lowest BCUT2D eigenvalue weighted by molar-refractivity contribution is 0.0135. The Morgan fingerprint density at radius 3 is 2.49 bits per heavy atom. The van der Waals surface area contributed by atoms with Crippen molar-refractivity contribution in [3.05, 3.63) is 60.6 Å². The summed E-state index contributed by atoms with van der Waals surface area (Å²) in [5.41, 5.74) is 8.28. The number of carbonyl (C=O) groups excluding carboxylic acids is 2. The zero-order chi connectivity index (χ0) is 27.3. The number of rotatable bonds is 4. The number of nitrogens with zero attached hydrogens (tertiary/aromatic N) is 6. The standard InChI is InChI=1S/C28H30N8O3/c1-28(2,3)39-27(38)35-14-16-12-19(35)20(13-16)36-25-22(24(29)31-15-32-25)23(34-36)17-7-9-18(10-8-17)26(37)33-21-6-4-5-11-30-21/h4-11,15-16,19-20H,12-14H2,1-3H3,(H2,29,31,32)(H,30,33,37)/t16-,19?,20?/m1/s1. The molecule has 2 unspecified atom stereocenters. The zero-order valence-electron chi connectivity index (χ0n) is 22.0. The maximum absolute atomic E-state index is 13.0. The molecule has 200 valence electrons. The van der Waals surface area contributed by atoms with E-state index in [9.17, 15) is 9.59 Å². The first kappa shape index (κ1) is 24.8. The number of pyridine rings is 1. The molecule has 1 aromatic carbocycles. The molecule has 3 atom stereocenters. The molecular formula is C28H30N8O3. The van der Waals surface area contributed by atoms with Gasteiger partial charge in [-0.3, -0.25) is 4.79 Å². The predicted octanol–water partition coefficient (Wildman–Crippen LogP) is 4.29. The molecule has 11 nitrogen and oxygen atoms in total. The Balaban J connectivity index is 1.31. The minimum atomic E-state index is -0.567. The van der Waals surface area contributed by atoms with Crippen molar-refractivity contribution in [3.8, 4) is 11.3 Å². The predicted molar refractivity (Wildman–Crippen MR) is 146 cm³/mol. The molecule has 2 fully saturated rings. The van der Waals surface area contributed by atoms with Gasteiger partial charge in [0.15, 0.2) is 5.65 Å². The summed E-state index contributed by atoms with van der Waals surface area (Å²) in [6, 6.07) is 12.4. The summed E-state index contributed by atoms with van der Waals surface area (Å²) in [5.74, 6) is 0.909. The van der Waals surface area contributed by atoms with Crippen LogP contribution in [0, 0.1) is 5.92 Å². The van der Waals surface area contributed by atoms with Crippen molar-refractivity contribution in [2.75, 3.05) is 17.6 Å². The van der Waals surface area contributed by atoms with Gasteiger partial charge in [0.25, 0.3) is 5.91 Å². The van der Waals surface area contributed by atoms with Crippen LogP contribution in [-0.4, -0.2) is 59.8 Å². The van der Waals surface area contributed by atoms with Crippen molar-refractivity contribution in [1.29, 1.82) is 0 Å². The van der Waals surface area contributed by atoms with Crippen molar-refractivity contribution in [1.82, 2.24) is 29.6 Å². The Morgan fingerprint density at radius 2 is 1.79 bits per heavy atom. The number of likely N-dealkylation sites (tertiary alicyclic amines) is 1. The van der Waals surface area contributed by atoms with E-state index in [2.05, 4.69) is 20.3 Å². The second-order valence-electron chi connectivity index (χ2n) is 11.1. The Labute approximate surface area is 225 Å². The van der Waals surface area contributed by atoms with Gasteiger partial charge in [-0.05, 0) is 63.8 Å². The summed E-state index contributed by atoms with van der Waals surface area (Å²) in [6.45, 7) is 6.30. The van der Waals surface area contributed by atoms with E-state index in [1.54, 1.807) is 30.5 Å². The van der Waals surface area contributed by atoms with E-state index in [4.69, 9.17) is 15.6 Å². The molecule has 1 saturated heterocycles. The molecule has 4 heterocycles. The Bertz CT molecular complexity index is 1550. The van der Waals surface area contributed by atoms with Gasteiger partial charge in [0.1, 0.15) is 29.3 Å². The summed E-state index contributed by atoms with van der Waals surface area (Å²) in [5, 5.41) is 8.41. The summed E-state index contributed by atoms with van der Waals surface area (Å²) >= 11 is 0. The normalized spacial score (nSPS) is 20.4. The van der Waals surface area contributed by atoms with Gasteiger partial charge in [0, 0.05) is 23.9 Å². The number of hydrogen-bond donors (Lipinski definition) is 2. The van der Waals surface area contributed by atoms with Crippen LogP contribution in [-0.2, 0) is 4.74 Å². The average molecular weight is 527 g/mol. The highest BCUT2D eigenvalue weighted by Gasteiger charge is 2.49. The SMILES string of the molecule is CC(C)(C)OC(=O)N1C[C@@H]2CC1C(n1nc(-c3ccc(C(=O)Nc4ccccn4)cc3)c3c(N)ncnc31)C2. The molecule has 1 aliphatic carbocycles. The summed E-state index contributed by atoms with van der Waals surface area (Å²) in [7, 11) is 0. The Kier molecular flexibility index (Phi) is 5.93. The number of anilines is 2. The molecule has 2 amide bonds. The first-order chi connectivity index (χ1) is 18.7. The number of nitrogens with one attached hydrogen (secondary N) is 1. The highest BCUT2D eigenvalue weighted by atomic mass is 16.6. The molecule has 6 rings (SSSR count). The molecule has 3 N–H and O–H groups in total. The number of aromatic nitrogens is 5. The maximum atomic E-state index is 13.0. The van der Waals surface area contributed by atoms with E-state index >= 15 is 0 Å². The van der Waals surface area contributed by atoms with Crippen molar-refractivity contribution in [2.45, 2.75) is 51.3 Å². The number of nitrogens with two attached hydrogens (primary N) is 1. The molecule has 2 aliphatic rings. The molecule has 3 aromatic heterocycles. The number of carbonyl (C=O) groups is 2. The first-order valence-electron chi connectivity index (χ1n) is 13.0.